The minimum absolute atomic E-state index is 0.0111. The standard InChI is InChI=1S/C24H27Cl2N3O4/c1-16(24(31)27-18-9-3-2-4-10-18)28(15-19-20(25)11-7-12-21(19)26)23(30)14-17-8-5-6-13-22(17)29(32)33/h5-8,11-13,16,18H,2-4,9-10,14-15H2,1H3,(H,27,31)/t16-/m0/s1. The average molecular weight is 492 g/mol. The molecule has 0 bridgehead atoms. The summed E-state index contributed by atoms with van der Waals surface area (Å²) in [6.45, 7) is 1.66. The predicted octanol–water partition coefficient (Wildman–Crippen LogP) is 5.31. The van der Waals surface area contributed by atoms with E-state index in [2.05, 4.69) is 5.32 Å². The maximum Gasteiger partial charge on any atom is 0.273 e. The van der Waals surface area contributed by atoms with E-state index < -0.39 is 16.9 Å². The van der Waals surface area contributed by atoms with Crippen LogP contribution < -0.4 is 5.32 Å². The zero-order chi connectivity index (χ0) is 24.0. The van der Waals surface area contributed by atoms with E-state index in [0.717, 1.165) is 32.1 Å². The lowest BCUT2D eigenvalue weighted by atomic mass is 9.95. The van der Waals surface area contributed by atoms with Crippen LogP contribution in [-0.2, 0) is 22.6 Å². The van der Waals surface area contributed by atoms with E-state index in [1.807, 2.05) is 0 Å². The van der Waals surface area contributed by atoms with Gasteiger partial charge in [0.25, 0.3) is 5.69 Å². The van der Waals surface area contributed by atoms with Gasteiger partial charge >= 0.3 is 0 Å². The van der Waals surface area contributed by atoms with Gasteiger partial charge in [0.05, 0.1) is 11.3 Å². The van der Waals surface area contributed by atoms with Crippen molar-refractivity contribution >= 4 is 40.7 Å². The van der Waals surface area contributed by atoms with E-state index >= 15 is 0 Å². The summed E-state index contributed by atoms with van der Waals surface area (Å²) < 4.78 is 0. The fourth-order valence-electron chi connectivity index (χ4n) is 4.11. The number of hydrogen-bond donors (Lipinski definition) is 1. The Morgan fingerprint density at radius 2 is 1.73 bits per heavy atom. The van der Waals surface area contributed by atoms with E-state index in [-0.39, 0.29) is 36.2 Å². The Balaban J connectivity index is 1.86. The van der Waals surface area contributed by atoms with Gasteiger partial charge in [0.2, 0.25) is 11.8 Å². The Morgan fingerprint density at radius 1 is 1.09 bits per heavy atom. The summed E-state index contributed by atoms with van der Waals surface area (Å²) >= 11 is 12.7. The lowest BCUT2D eigenvalue weighted by Crippen LogP contribution is -2.50. The van der Waals surface area contributed by atoms with Crippen LogP contribution in [0.15, 0.2) is 42.5 Å². The second-order valence-corrected chi connectivity index (χ2v) is 9.12. The van der Waals surface area contributed by atoms with E-state index in [0.29, 0.717) is 15.6 Å². The van der Waals surface area contributed by atoms with Crippen LogP contribution >= 0.6 is 23.2 Å². The highest BCUT2D eigenvalue weighted by molar-refractivity contribution is 6.36. The molecule has 33 heavy (non-hydrogen) atoms. The largest absolute Gasteiger partial charge is 0.352 e. The molecule has 1 fully saturated rings. The number of carbonyl (C=O) groups is 2. The zero-order valence-corrected chi connectivity index (χ0v) is 19.9. The summed E-state index contributed by atoms with van der Waals surface area (Å²) in [4.78, 5) is 38.7. The molecule has 0 spiro atoms. The first-order chi connectivity index (χ1) is 15.8. The number of benzene rings is 2. The maximum absolute atomic E-state index is 13.4. The Labute approximate surface area is 203 Å². The first-order valence-corrected chi connectivity index (χ1v) is 11.8. The minimum atomic E-state index is -0.811. The van der Waals surface area contributed by atoms with Crippen molar-refractivity contribution in [1.29, 1.82) is 0 Å². The van der Waals surface area contributed by atoms with Crippen molar-refractivity contribution in [1.82, 2.24) is 10.2 Å². The summed E-state index contributed by atoms with van der Waals surface area (Å²) in [5.74, 6) is -0.687. The molecule has 9 heteroatoms. The van der Waals surface area contributed by atoms with Crippen LogP contribution in [0.25, 0.3) is 0 Å². The molecule has 1 aliphatic carbocycles. The topological polar surface area (TPSA) is 92.6 Å². The molecule has 1 saturated carbocycles. The number of nitro groups is 1. The summed E-state index contributed by atoms with van der Waals surface area (Å²) in [6.07, 6.45) is 4.90. The first-order valence-electron chi connectivity index (χ1n) is 11.0. The molecule has 0 unspecified atom stereocenters. The third-order valence-corrected chi connectivity index (χ3v) is 6.75. The molecule has 2 aromatic rings. The molecule has 0 aromatic heterocycles. The number of amides is 2. The Hall–Kier alpha value is -2.64. The number of nitrogens with zero attached hydrogens (tertiary/aromatic N) is 2. The van der Waals surface area contributed by atoms with E-state index in [9.17, 15) is 19.7 Å². The average Bonchev–Trinajstić information content (AvgIpc) is 2.79. The molecule has 1 N–H and O–H groups in total. The maximum atomic E-state index is 13.4. The molecule has 2 amide bonds. The van der Waals surface area contributed by atoms with E-state index in [4.69, 9.17) is 23.2 Å². The molecule has 3 rings (SSSR count). The lowest BCUT2D eigenvalue weighted by molar-refractivity contribution is -0.385. The molecule has 1 aliphatic rings. The minimum Gasteiger partial charge on any atom is -0.352 e. The van der Waals surface area contributed by atoms with Crippen molar-refractivity contribution in [3.8, 4) is 0 Å². The van der Waals surface area contributed by atoms with Gasteiger partial charge in [-0.05, 0) is 31.9 Å². The molecular weight excluding hydrogens is 465 g/mol. The van der Waals surface area contributed by atoms with Crippen molar-refractivity contribution < 1.29 is 14.5 Å². The van der Waals surface area contributed by atoms with Crippen LogP contribution in [0.1, 0.15) is 50.2 Å². The van der Waals surface area contributed by atoms with Gasteiger partial charge < -0.3 is 10.2 Å². The molecule has 176 valence electrons. The van der Waals surface area contributed by atoms with Crippen molar-refractivity contribution in [2.24, 2.45) is 0 Å². The number of para-hydroxylation sites is 1. The first kappa shape index (κ1) is 25.0. The summed E-state index contributed by atoms with van der Waals surface area (Å²) in [7, 11) is 0. The van der Waals surface area contributed by atoms with E-state index in [1.54, 1.807) is 43.3 Å². The monoisotopic (exact) mass is 491 g/mol. The van der Waals surface area contributed by atoms with Crippen LogP contribution in [0.2, 0.25) is 10.0 Å². The van der Waals surface area contributed by atoms with Crippen LogP contribution in [-0.4, -0.2) is 33.7 Å². The van der Waals surface area contributed by atoms with Crippen molar-refractivity contribution in [3.05, 3.63) is 73.8 Å². The molecule has 0 heterocycles. The number of halogens is 2. The summed E-state index contributed by atoms with van der Waals surface area (Å²) in [5, 5.41) is 15.2. The summed E-state index contributed by atoms with van der Waals surface area (Å²) in [5.41, 5.74) is 0.664. The van der Waals surface area contributed by atoms with Crippen LogP contribution in [0.3, 0.4) is 0 Å². The van der Waals surface area contributed by atoms with Crippen LogP contribution in [0.5, 0.6) is 0 Å². The Morgan fingerprint density at radius 3 is 2.36 bits per heavy atom. The fraction of sp³-hybridized carbons (Fsp3) is 0.417. The number of nitro benzene ring substituents is 1. The van der Waals surface area contributed by atoms with Gasteiger partial charge in [-0.1, -0.05) is 66.7 Å². The molecular formula is C24H27Cl2N3O4. The molecule has 0 radical (unpaired) electrons. The van der Waals surface area contributed by atoms with Crippen LogP contribution in [0, 0.1) is 10.1 Å². The van der Waals surface area contributed by atoms with E-state index in [1.165, 1.54) is 11.0 Å². The zero-order valence-electron chi connectivity index (χ0n) is 18.4. The third-order valence-electron chi connectivity index (χ3n) is 6.04. The van der Waals surface area contributed by atoms with Crippen molar-refractivity contribution in [3.63, 3.8) is 0 Å². The second-order valence-electron chi connectivity index (χ2n) is 8.30. The van der Waals surface area contributed by atoms with Gasteiger partial charge in [0, 0.05) is 39.8 Å². The molecule has 7 nitrogen and oxygen atoms in total. The van der Waals surface area contributed by atoms with Gasteiger partial charge in [-0.3, -0.25) is 19.7 Å². The van der Waals surface area contributed by atoms with Gasteiger partial charge in [-0.15, -0.1) is 0 Å². The summed E-state index contributed by atoms with van der Waals surface area (Å²) in [6, 6.07) is 10.4. The predicted molar refractivity (Wildman–Crippen MR) is 128 cm³/mol. The third kappa shape index (κ3) is 6.45. The van der Waals surface area contributed by atoms with Crippen LogP contribution in [0.4, 0.5) is 5.69 Å². The number of carbonyl (C=O) groups excluding carboxylic acids is 2. The SMILES string of the molecule is C[C@@H](C(=O)NC1CCCCC1)N(Cc1c(Cl)cccc1Cl)C(=O)Cc1ccccc1[N+](=O)[O-]. The fourth-order valence-corrected chi connectivity index (χ4v) is 4.62. The smallest absolute Gasteiger partial charge is 0.273 e. The quantitative estimate of drug-likeness (QED) is 0.399. The number of nitrogens with one attached hydrogen (secondary N) is 1. The normalized spacial score (nSPS) is 15.0. The second kappa shape index (κ2) is 11.5. The number of rotatable bonds is 8. The van der Waals surface area contributed by atoms with Gasteiger partial charge in [0.15, 0.2) is 0 Å². The molecule has 0 aliphatic heterocycles. The highest BCUT2D eigenvalue weighted by Crippen LogP contribution is 2.28. The molecule has 2 aromatic carbocycles. The van der Waals surface area contributed by atoms with Gasteiger partial charge in [-0.2, -0.15) is 0 Å². The Kier molecular flexibility index (Phi) is 8.69. The van der Waals surface area contributed by atoms with Crippen molar-refractivity contribution in [2.75, 3.05) is 0 Å². The lowest BCUT2D eigenvalue weighted by Gasteiger charge is -2.31. The van der Waals surface area contributed by atoms with Crippen molar-refractivity contribution in [2.45, 2.75) is 64.1 Å². The van der Waals surface area contributed by atoms with Gasteiger partial charge in [-0.25, -0.2) is 0 Å². The molecule has 0 saturated heterocycles. The van der Waals surface area contributed by atoms with Gasteiger partial charge in [0.1, 0.15) is 6.04 Å². The number of hydrogen-bond acceptors (Lipinski definition) is 4. The highest BCUT2D eigenvalue weighted by atomic mass is 35.5. The highest BCUT2D eigenvalue weighted by Gasteiger charge is 2.30. The molecule has 1 atom stereocenters. The Bertz CT molecular complexity index is 1000.